The summed E-state index contributed by atoms with van der Waals surface area (Å²) in [6.07, 6.45) is 5.36. The monoisotopic (exact) mass is 273 g/mol. The molecule has 0 amide bonds. The summed E-state index contributed by atoms with van der Waals surface area (Å²) < 4.78 is 11.7. The lowest BCUT2D eigenvalue weighted by Gasteiger charge is -2.42. The van der Waals surface area contributed by atoms with Gasteiger partial charge >= 0.3 is 0 Å². The Balaban J connectivity index is 1.97. The second kappa shape index (κ2) is 3.92. The van der Waals surface area contributed by atoms with Crippen molar-refractivity contribution in [3.8, 4) is 11.5 Å². The van der Waals surface area contributed by atoms with Crippen LogP contribution in [0.1, 0.15) is 18.4 Å². The maximum Gasteiger partial charge on any atom is 0.167 e. The molecule has 3 aliphatic rings. The summed E-state index contributed by atoms with van der Waals surface area (Å²) in [5.74, 6) is 1.65. The minimum Gasteiger partial charge on any atom is -0.493 e. The molecule has 0 bridgehead atoms. The third-order valence-electron chi connectivity index (χ3n) is 4.96. The zero-order valence-corrected chi connectivity index (χ0v) is 11.8. The van der Waals surface area contributed by atoms with Crippen molar-refractivity contribution in [3.05, 3.63) is 29.8 Å². The number of ether oxygens (including phenoxy) is 2. The van der Waals surface area contributed by atoms with Crippen molar-refractivity contribution >= 4 is 5.69 Å². The van der Waals surface area contributed by atoms with Crippen LogP contribution in [-0.4, -0.2) is 38.0 Å². The highest BCUT2D eigenvalue weighted by Gasteiger charge is 2.53. The molecule has 0 unspecified atom stereocenters. The zero-order chi connectivity index (χ0) is 13.9. The number of benzene rings is 1. The number of hydrogen-bond donors (Lipinski definition) is 1. The first-order chi connectivity index (χ1) is 9.65. The molecule has 0 aromatic heterocycles. The zero-order valence-electron chi connectivity index (χ0n) is 11.8. The van der Waals surface area contributed by atoms with Crippen LogP contribution >= 0.6 is 0 Å². The first-order valence-electron chi connectivity index (χ1n) is 7.12. The molecule has 0 saturated carbocycles. The first kappa shape index (κ1) is 12.1. The molecule has 1 aromatic carbocycles. The van der Waals surface area contributed by atoms with Crippen LogP contribution in [0.15, 0.2) is 24.3 Å². The minimum atomic E-state index is -0.408. The van der Waals surface area contributed by atoms with Crippen molar-refractivity contribution in [2.24, 2.45) is 0 Å². The predicted molar refractivity (Wildman–Crippen MR) is 76.7 cm³/mol. The SMILES string of the molecule is COc1ccc2c3c1O[C@H]1C[C@@H](O)C=C[C@@]31CCN2C. The van der Waals surface area contributed by atoms with Gasteiger partial charge in [-0.1, -0.05) is 12.2 Å². The molecule has 0 fully saturated rings. The van der Waals surface area contributed by atoms with Crippen molar-refractivity contribution in [1.82, 2.24) is 0 Å². The van der Waals surface area contributed by atoms with Crippen LogP contribution in [0.5, 0.6) is 11.5 Å². The van der Waals surface area contributed by atoms with Crippen LogP contribution in [0.25, 0.3) is 0 Å². The van der Waals surface area contributed by atoms with E-state index in [2.05, 4.69) is 24.1 Å². The molecule has 4 nitrogen and oxygen atoms in total. The number of nitrogens with zero attached hydrogens (tertiary/aromatic N) is 1. The highest BCUT2D eigenvalue weighted by molar-refractivity contribution is 5.72. The Labute approximate surface area is 118 Å². The number of aliphatic hydroxyl groups excluding tert-OH is 1. The van der Waals surface area contributed by atoms with E-state index in [0.29, 0.717) is 6.42 Å². The fourth-order valence-electron chi connectivity index (χ4n) is 3.88. The number of hydrogen-bond acceptors (Lipinski definition) is 4. The van der Waals surface area contributed by atoms with Crippen LogP contribution in [0.4, 0.5) is 5.69 Å². The summed E-state index contributed by atoms with van der Waals surface area (Å²) in [5, 5.41) is 9.90. The van der Waals surface area contributed by atoms with Gasteiger partial charge in [0, 0.05) is 31.3 Å². The van der Waals surface area contributed by atoms with Gasteiger partial charge in [0.15, 0.2) is 11.5 Å². The maximum absolute atomic E-state index is 9.90. The van der Waals surface area contributed by atoms with Gasteiger partial charge in [-0.05, 0) is 18.6 Å². The molecule has 1 aliphatic carbocycles. The lowest BCUT2D eigenvalue weighted by atomic mass is 9.67. The van der Waals surface area contributed by atoms with Crippen molar-refractivity contribution in [3.63, 3.8) is 0 Å². The van der Waals surface area contributed by atoms with Gasteiger partial charge in [-0.15, -0.1) is 0 Å². The molecule has 1 N–H and O–H groups in total. The molecule has 4 heteroatoms. The Morgan fingerprint density at radius 1 is 1.45 bits per heavy atom. The van der Waals surface area contributed by atoms with Crippen molar-refractivity contribution < 1.29 is 14.6 Å². The summed E-state index contributed by atoms with van der Waals surface area (Å²) in [5.41, 5.74) is 2.36. The average molecular weight is 273 g/mol. The van der Waals surface area contributed by atoms with Crippen molar-refractivity contribution in [1.29, 1.82) is 0 Å². The van der Waals surface area contributed by atoms with E-state index in [1.807, 2.05) is 12.1 Å². The molecule has 1 aromatic rings. The lowest BCUT2D eigenvalue weighted by molar-refractivity contribution is 0.0846. The second-order valence-electron chi connectivity index (χ2n) is 5.97. The van der Waals surface area contributed by atoms with E-state index < -0.39 is 6.10 Å². The first-order valence-corrected chi connectivity index (χ1v) is 7.12. The van der Waals surface area contributed by atoms with E-state index in [1.165, 1.54) is 11.3 Å². The van der Waals surface area contributed by atoms with Crippen LogP contribution in [0, 0.1) is 0 Å². The van der Waals surface area contributed by atoms with Gasteiger partial charge in [-0.25, -0.2) is 0 Å². The molecule has 2 heterocycles. The van der Waals surface area contributed by atoms with Crippen LogP contribution in [-0.2, 0) is 5.41 Å². The van der Waals surface area contributed by atoms with Gasteiger partial charge in [-0.2, -0.15) is 0 Å². The Kier molecular flexibility index (Phi) is 2.37. The summed E-state index contributed by atoms with van der Waals surface area (Å²) in [7, 11) is 3.79. The third-order valence-corrected chi connectivity index (χ3v) is 4.96. The normalized spacial score (nSPS) is 33.5. The van der Waals surface area contributed by atoms with E-state index >= 15 is 0 Å². The summed E-state index contributed by atoms with van der Waals surface area (Å²) in [6, 6.07) is 4.09. The summed E-state index contributed by atoms with van der Waals surface area (Å²) >= 11 is 0. The Bertz CT molecular complexity index is 598. The molecule has 1 spiro atoms. The lowest BCUT2D eigenvalue weighted by Crippen LogP contribution is -2.46. The summed E-state index contributed by atoms with van der Waals surface area (Å²) in [6.45, 7) is 0.999. The largest absolute Gasteiger partial charge is 0.493 e. The molecule has 4 rings (SSSR count). The van der Waals surface area contributed by atoms with Gasteiger partial charge in [-0.3, -0.25) is 0 Å². The van der Waals surface area contributed by atoms with E-state index in [9.17, 15) is 5.11 Å². The van der Waals surface area contributed by atoms with Gasteiger partial charge in [0.05, 0.1) is 18.6 Å². The number of methoxy groups -OCH3 is 1. The van der Waals surface area contributed by atoms with Gasteiger partial charge in [0.25, 0.3) is 0 Å². The quantitative estimate of drug-likeness (QED) is 0.793. The highest BCUT2D eigenvalue weighted by atomic mass is 16.5. The number of aliphatic hydroxyl groups is 1. The molecule has 20 heavy (non-hydrogen) atoms. The standard InChI is InChI=1S/C16H19NO3/c1-17-8-7-16-6-5-10(18)9-13(16)20-15-12(19-2)4-3-11(17)14(15)16/h3-6,10,13,18H,7-9H2,1-2H3/t10-,13-,16-/m0/s1. The van der Waals surface area contributed by atoms with Crippen molar-refractivity contribution in [2.75, 3.05) is 25.6 Å². The minimum absolute atomic E-state index is 0.0150. The molecule has 0 saturated heterocycles. The van der Waals surface area contributed by atoms with Crippen LogP contribution in [0.3, 0.4) is 0 Å². The molecular formula is C16H19NO3. The van der Waals surface area contributed by atoms with Gasteiger partial charge in [0.1, 0.15) is 6.10 Å². The Hall–Kier alpha value is -1.68. The maximum atomic E-state index is 9.90. The van der Waals surface area contributed by atoms with Gasteiger partial charge < -0.3 is 19.5 Å². The molecule has 2 aliphatic heterocycles. The number of rotatable bonds is 1. The van der Waals surface area contributed by atoms with Crippen molar-refractivity contribution in [2.45, 2.75) is 30.5 Å². The van der Waals surface area contributed by atoms with Crippen LogP contribution < -0.4 is 14.4 Å². The van der Waals surface area contributed by atoms with E-state index in [4.69, 9.17) is 9.47 Å². The highest BCUT2D eigenvalue weighted by Crippen LogP contribution is 2.58. The molecule has 0 radical (unpaired) electrons. The molecule has 106 valence electrons. The fraction of sp³-hybridized carbons (Fsp3) is 0.500. The molecule has 3 atom stereocenters. The van der Waals surface area contributed by atoms with Crippen LogP contribution in [0.2, 0.25) is 0 Å². The predicted octanol–water partition coefficient (Wildman–Crippen LogP) is 1.85. The van der Waals surface area contributed by atoms with E-state index in [1.54, 1.807) is 7.11 Å². The topological polar surface area (TPSA) is 41.9 Å². The molecular weight excluding hydrogens is 254 g/mol. The fourth-order valence-corrected chi connectivity index (χ4v) is 3.88. The summed E-state index contributed by atoms with van der Waals surface area (Å²) in [4.78, 5) is 2.27. The van der Waals surface area contributed by atoms with Gasteiger partial charge in [0.2, 0.25) is 0 Å². The average Bonchev–Trinajstić information content (AvgIpc) is 2.79. The smallest absolute Gasteiger partial charge is 0.167 e. The third kappa shape index (κ3) is 1.35. The number of anilines is 1. The second-order valence-corrected chi connectivity index (χ2v) is 5.97. The Morgan fingerprint density at radius 3 is 3.10 bits per heavy atom. The Morgan fingerprint density at radius 2 is 2.30 bits per heavy atom. The van der Waals surface area contributed by atoms with E-state index in [-0.39, 0.29) is 11.5 Å². The van der Waals surface area contributed by atoms with E-state index in [0.717, 1.165) is 24.5 Å².